The number of hydrogen-bond acceptors (Lipinski definition) is 1. The van der Waals surface area contributed by atoms with E-state index in [0.717, 1.165) is 19.6 Å². The van der Waals surface area contributed by atoms with Gasteiger partial charge in [-0.15, -0.1) is 0 Å². The highest BCUT2D eigenvalue weighted by Gasteiger charge is 2.02. The number of nitrogens with zero attached hydrogens (tertiary/aromatic N) is 1. The van der Waals surface area contributed by atoms with E-state index in [0.29, 0.717) is 0 Å². The molecule has 0 spiro atoms. The van der Waals surface area contributed by atoms with Crippen LogP contribution in [-0.4, -0.2) is 17.7 Å². The highest BCUT2D eigenvalue weighted by Crippen LogP contribution is 2.24. The number of aromatic nitrogens is 1. The second kappa shape index (κ2) is 5.51. The minimum atomic E-state index is 1.05. The average molecular weight is 281 g/mol. The van der Waals surface area contributed by atoms with Gasteiger partial charge in [-0.1, -0.05) is 28.9 Å². The molecule has 2 nitrogen and oxygen atoms in total. The first-order chi connectivity index (χ1) is 7.83. The van der Waals surface area contributed by atoms with Crippen LogP contribution in [0.25, 0.3) is 10.9 Å². The van der Waals surface area contributed by atoms with Crippen molar-refractivity contribution in [3.63, 3.8) is 0 Å². The van der Waals surface area contributed by atoms with Gasteiger partial charge in [0.25, 0.3) is 0 Å². The SMILES string of the molecule is CCNCCCn1ccc2c(Br)cccc21. The van der Waals surface area contributed by atoms with Gasteiger partial charge in [0.15, 0.2) is 0 Å². The van der Waals surface area contributed by atoms with Crippen LogP contribution in [0.1, 0.15) is 13.3 Å². The van der Waals surface area contributed by atoms with E-state index in [4.69, 9.17) is 0 Å². The fourth-order valence-corrected chi connectivity index (χ4v) is 2.42. The van der Waals surface area contributed by atoms with E-state index in [9.17, 15) is 0 Å². The Labute approximate surface area is 105 Å². The predicted molar refractivity (Wildman–Crippen MR) is 72.8 cm³/mol. The van der Waals surface area contributed by atoms with Gasteiger partial charge in [0.05, 0.1) is 0 Å². The minimum Gasteiger partial charge on any atom is -0.347 e. The first-order valence-corrected chi connectivity index (χ1v) is 6.56. The Hall–Kier alpha value is -0.800. The van der Waals surface area contributed by atoms with Crippen LogP contribution >= 0.6 is 15.9 Å². The minimum absolute atomic E-state index is 1.05. The van der Waals surface area contributed by atoms with Crippen molar-refractivity contribution in [1.82, 2.24) is 9.88 Å². The Morgan fingerprint density at radius 1 is 1.31 bits per heavy atom. The van der Waals surface area contributed by atoms with E-state index in [1.165, 1.54) is 21.8 Å². The lowest BCUT2D eigenvalue weighted by atomic mass is 10.2. The summed E-state index contributed by atoms with van der Waals surface area (Å²) < 4.78 is 3.49. The van der Waals surface area contributed by atoms with Gasteiger partial charge >= 0.3 is 0 Å². The second-order valence-electron chi connectivity index (χ2n) is 3.89. The van der Waals surface area contributed by atoms with E-state index >= 15 is 0 Å². The van der Waals surface area contributed by atoms with Crippen molar-refractivity contribution in [2.24, 2.45) is 0 Å². The van der Waals surface area contributed by atoms with Crippen molar-refractivity contribution in [3.8, 4) is 0 Å². The lowest BCUT2D eigenvalue weighted by molar-refractivity contribution is 0.603. The summed E-state index contributed by atoms with van der Waals surface area (Å²) in [5.74, 6) is 0. The monoisotopic (exact) mass is 280 g/mol. The van der Waals surface area contributed by atoms with Crippen LogP contribution in [0.5, 0.6) is 0 Å². The predicted octanol–water partition coefficient (Wildman–Crippen LogP) is 3.40. The van der Waals surface area contributed by atoms with E-state index in [1.54, 1.807) is 0 Å². The summed E-state index contributed by atoms with van der Waals surface area (Å²) in [6.07, 6.45) is 3.34. The van der Waals surface area contributed by atoms with Gasteiger partial charge in [0.1, 0.15) is 0 Å². The zero-order valence-corrected chi connectivity index (χ0v) is 11.1. The van der Waals surface area contributed by atoms with E-state index in [2.05, 4.69) is 63.2 Å². The summed E-state index contributed by atoms with van der Waals surface area (Å²) in [6, 6.07) is 8.53. The molecule has 0 saturated heterocycles. The summed E-state index contributed by atoms with van der Waals surface area (Å²) in [7, 11) is 0. The molecule has 1 aromatic carbocycles. The fourth-order valence-electron chi connectivity index (χ4n) is 1.93. The maximum atomic E-state index is 3.58. The molecule has 1 aromatic heterocycles. The topological polar surface area (TPSA) is 17.0 Å². The molecule has 0 aliphatic rings. The third-order valence-corrected chi connectivity index (χ3v) is 3.45. The van der Waals surface area contributed by atoms with Gasteiger partial charge in [0.2, 0.25) is 0 Å². The van der Waals surface area contributed by atoms with Crippen molar-refractivity contribution in [2.45, 2.75) is 19.9 Å². The third kappa shape index (κ3) is 2.47. The molecule has 0 atom stereocenters. The van der Waals surface area contributed by atoms with Crippen molar-refractivity contribution in [1.29, 1.82) is 0 Å². The molecule has 16 heavy (non-hydrogen) atoms. The molecule has 0 unspecified atom stereocenters. The lowest BCUT2D eigenvalue weighted by Gasteiger charge is -2.06. The summed E-state index contributed by atoms with van der Waals surface area (Å²) in [5.41, 5.74) is 1.31. The van der Waals surface area contributed by atoms with Crippen molar-refractivity contribution < 1.29 is 0 Å². The number of rotatable bonds is 5. The molecule has 1 N–H and O–H groups in total. The van der Waals surface area contributed by atoms with Crippen LogP contribution in [0.3, 0.4) is 0 Å². The largest absolute Gasteiger partial charge is 0.347 e. The zero-order chi connectivity index (χ0) is 11.4. The highest BCUT2D eigenvalue weighted by atomic mass is 79.9. The second-order valence-corrected chi connectivity index (χ2v) is 4.74. The molecule has 2 rings (SSSR count). The molecule has 2 aromatic rings. The van der Waals surface area contributed by atoms with E-state index in [-0.39, 0.29) is 0 Å². The van der Waals surface area contributed by atoms with Crippen LogP contribution in [0.4, 0.5) is 0 Å². The molecular formula is C13H17BrN2. The Kier molecular flexibility index (Phi) is 4.02. The number of fused-ring (bicyclic) bond motifs is 1. The normalized spacial score (nSPS) is 11.1. The van der Waals surface area contributed by atoms with Crippen LogP contribution in [0.2, 0.25) is 0 Å². The van der Waals surface area contributed by atoms with Crippen molar-refractivity contribution in [2.75, 3.05) is 13.1 Å². The maximum Gasteiger partial charge on any atom is 0.0491 e. The van der Waals surface area contributed by atoms with Crippen molar-refractivity contribution in [3.05, 3.63) is 34.9 Å². The van der Waals surface area contributed by atoms with Crippen LogP contribution in [0, 0.1) is 0 Å². The van der Waals surface area contributed by atoms with Gasteiger partial charge in [-0.05, 0) is 37.7 Å². The maximum absolute atomic E-state index is 3.58. The molecule has 0 amide bonds. The zero-order valence-electron chi connectivity index (χ0n) is 9.54. The van der Waals surface area contributed by atoms with Gasteiger partial charge in [-0.2, -0.15) is 0 Å². The third-order valence-electron chi connectivity index (χ3n) is 2.76. The summed E-state index contributed by atoms with van der Waals surface area (Å²) in [6.45, 7) is 5.36. The van der Waals surface area contributed by atoms with Gasteiger partial charge in [-0.25, -0.2) is 0 Å². The first kappa shape index (κ1) is 11.7. The number of aryl methyl sites for hydroxylation is 1. The van der Waals surface area contributed by atoms with Crippen LogP contribution in [0.15, 0.2) is 34.9 Å². The van der Waals surface area contributed by atoms with E-state index < -0.39 is 0 Å². The Balaban J connectivity index is 2.10. The van der Waals surface area contributed by atoms with Gasteiger partial charge in [-0.3, -0.25) is 0 Å². The lowest BCUT2D eigenvalue weighted by Crippen LogP contribution is -2.15. The van der Waals surface area contributed by atoms with Crippen LogP contribution < -0.4 is 5.32 Å². The quantitative estimate of drug-likeness (QED) is 0.831. The molecular weight excluding hydrogens is 264 g/mol. The van der Waals surface area contributed by atoms with Gasteiger partial charge in [0, 0.05) is 28.1 Å². The standard InChI is InChI=1S/C13H17BrN2/c1-2-15-8-4-9-16-10-7-11-12(14)5-3-6-13(11)16/h3,5-7,10,15H,2,4,8-9H2,1H3. The number of benzene rings is 1. The number of halogens is 1. The molecule has 86 valence electrons. The Bertz CT molecular complexity index is 462. The molecule has 0 fully saturated rings. The molecule has 0 saturated carbocycles. The first-order valence-electron chi connectivity index (χ1n) is 5.77. The molecule has 1 heterocycles. The average Bonchev–Trinajstić information content (AvgIpc) is 2.70. The molecule has 0 aliphatic heterocycles. The number of nitrogens with one attached hydrogen (secondary N) is 1. The van der Waals surface area contributed by atoms with Gasteiger partial charge < -0.3 is 9.88 Å². The molecule has 0 bridgehead atoms. The highest BCUT2D eigenvalue weighted by molar-refractivity contribution is 9.10. The Morgan fingerprint density at radius 2 is 2.19 bits per heavy atom. The molecule has 3 heteroatoms. The fraction of sp³-hybridized carbons (Fsp3) is 0.385. The number of hydrogen-bond donors (Lipinski definition) is 1. The summed E-state index contributed by atoms with van der Waals surface area (Å²) in [5, 5.41) is 4.64. The Morgan fingerprint density at radius 3 is 3.00 bits per heavy atom. The smallest absolute Gasteiger partial charge is 0.0491 e. The van der Waals surface area contributed by atoms with Crippen LogP contribution in [-0.2, 0) is 6.54 Å². The molecule has 0 aliphatic carbocycles. The summed E-state index contributed by atoms with van der Waals surface area (Å²) >= 11 is 3.58. The molecule has 0 radical (unpaired) electrons. The van der Waals surface area contributed by atoms with Crippen molar-refractivity contribution >= 4 is 26.8 Å². The van der Waals surface area contributed by atoms with E-state index in [1.807, 2.05) is 0 Å². The summed E-state index contributed by atoms with van der Waals surface area (Å²) in [4.78, 5) is 0.